The minimum atomic E-state index is 0.105. The highest BCUT2D eigenvalue weighted by Crippen LogP contribution is 2.10. The number of carbonyl (C=O) groups is 1. The lowest BCUT2D eigenvalue weighted by Gasteiger charge is -2.18. The fourth-order valence-corrected chi connectivity index (χ4v) is 2.57. The Morgan fingerprint density at radius 1 is 1.35 bits per heavy atom. The molecule has 0 aromatic heterocycles. The Balaban J connectivity index is 1.67. The molecule has 4 nitrogen and oxygen atoms in total. The number of carbonyl (C=O) groups excluding carboxylic acids is 1. The van der Waals surface area contributed by atoms with Crippen LogP contribution < -0.4 is 10.6 Å². The maximum Gasteiger partial charge on any atom is 0.234 e. The lowest BCUT2D eigenvalue weighted by Crippen LogP contribution is -2.39. The fraction of sp³-hybridized carbons (Fsp3) is 0.533. The first-order chi connectivity index (χ1) is 9.74. The van der Waals surface area contributed by atoms with Gasteiger partial charge in [0.15, 0.2) is 0 Å². The van der Waals surface area contributed by atoms with Crippen LogP contribution in [0, 0.1) is 0 Å². The summed E-state index contributed by atoms with van der Waals surface area (Å²) in [5, 5.41) is 7.05. The van der Waals surface area contributed by atoms with Gasteiger partial charge in [0.25, 0.3) is 0 Å². The zero-order chi connectivity index (χ0) is 14.2. The van der Waals surface area contributed by atoms with Gasteiger partial charge >= 0.3 is 0 Å². The number of amides is 1. The van der Waals surface area contributed by atoms with E-state index in [9.17, 15) is 4.79 Å². The largest absolute Gasteiger partial charge is 0.355 e. The lowest BCUT2D eigenvalue weighted by atomic mass is 10.1. The molecule has 0 unspecified atom stereocenters. The molecule has 1 aliphatic heterocycles. The van der Waals surface area contributed by atoms with Crippen molar-refractivity contribution in [2.45, 2.75) is 12.8 Å². The second-order valence-corrected chi connectivity index (χ2v) is 5.55. The number of halogens is 1. The van der Waals surface area contributed by atoms with Crippen LogP contribution in [-0.2, 0) is 11.2 Å². The molecule has 0 bridgehead atoms. The number of benzene rings is 1. The van der Waals surface area contributed by atoms with Gasteiger partial charge in [-0.3, -0.25) is 9.69 Å². The summed E-state index contributed by atoms with van der Waals surface area (Å²) in [6.45, 7) is 5.11. The van der Waals surface area contributed by atoms with Gasteiger partial charge in [-0.05, 0) is 43.6 Å². The van der Waals surface area contributed by atoms with Gasteiger partial charge in [-0.2, -0.15) is 0 Å². The highest BCUT2D eigenvalue weighted by atomic mass is 35.5. The Kier molecular flexibility index (Phi) is 6.30. The molecule has 0 radical (unpaired) electrons. The maximum absolute atomic E-state index is 11.9. The molecular formula is C15H22ClN3O. The van der Waals surface area contributed by atoms with Gasteiger partial charge in [0, 0.05) is 24.7 Å². The maximum atomic E-state index is 11.9. The van der Waals surface area contributed by atoms with Crippen molar-refractivity contribution in [3.05, 3.63) is 34.9 Å². The number of rotatable bonds is 5. The van der Waals surface area contributed by atoms with E-state index in [1.54, 1.807) is 0 Å². The number of hydrogen-bond donors (Lipinski definition) is 2. The quantitative estimate of drug-likeness (QED) is 0.860. The molecule has 1 aromatic rings. The normalized spacial score (nSPS) is 16.6. The van der Waals surface area contributed by atoms with E-state index in [4.69, 9.17) is 11.6 Å². The first-order valence-electron chi connectivity index (χ1n) is 7.18. The van der Waals surface area contributed by atoms with E-state index in [2.05, 4.69) is 15.5 Å². The fourth-order valence-electron chi connectivity index (χ4n) is 2.36. The van der Waals surface area contributed by atoms with Gasteiger partial charge in [-0.25, -0.2) is 0 Å². The SMILES string of the molecule is O=C(CN1CCCNCC1)NCCc1cccc(Cl)c1. The van der Waals surface area contributed by atoms with Gasteiger partial charge in [0.05, 0.1) is 6.54 Å². The Morgan fingerprint density at radius 3 is 3.10 bits per heavy atom. The molecule has 20 heavy (non-hydrogen) atoms. The van der Waals surface area contributed by atoms with Gasteiger partial charge in [0.1, 0.15) is 0 Å². The predicted octanol–water partition coefficient (Wildman–Crippen LogP) is 1.29. The summed E-state index contributed by atoms with van der Waals surface area (Å²) in [5.74, 6) is 0.105. The molecule has 1 fully saturated rings. The van der Waals surface area contributed by atoms with Crippen molar-refractivity contribution >= 4 is 17.5 Å². The molecule has 0 aliphatic carbocycles. The zero-order valence-corrected chi connectivity index (χ0v) is 12.5. The minimum absolute atomic E-state index is 0.105. The van der Waals surface area contributed by atoms with Crippen LogP contribution in [0.15, 0.2) is 24.3 Å². The van der Waals surface area contributed by atoms with Crippen LogP contribution >= 0.6 is 11.6 Å². The van der Waals surface area contributed by atoms with Gasteiger partial charge in [-0.1, -0.05) is 23.7 Å². The first kappa shape index (κ1) is 15.3. The summed E-state index contributed by atoms with van der Waals surface area (Å²) in [4.78, 5) is 14.1. The first-order valence-corrected chi connectivity index (χ1v) is 7.56. The monoisotopic (exact) mass is 295 g/mol. The summed E-state index contributed by atoms with van der Waals surface area (Å²) in [6, 6.07) is 7.76. The highest BCUT2D eigenvalue weighted by molar-refractivity contribution is 6.30. The topological polar surface area (TPSA) is 44.4 Å². The Hall–Kier alpha value is -1.10. The van der Waals surface area contributed by atoms with Crippen molar-refractivity contribution in [1.29, 1.82) is 0 Å². The van der Waals surface area contributed by atoms with E-state index in [1.807, 2.05) is 24.3 Å². The van der Waals surface area contributed by atoms with Crippen LogP contribution in [0.2, 0.25) is 5.02 Å². The summed E-state index contributed by atoms with van der Waals surface area (Å²) in [5.41, 5.74) is 1.15. The van der Waals surface area contributed by atoms with Crippen LogP contribution in [-0.4, -0.2) is 50.1 Å². The molecule has 2 N–H and O–H groups in total. The van der Waals surface area contributed by atoms with Crippen molar-refractivity contribution in [2.75, 3.05) is 39.3 Å². The molecule has 1 heterocycles. The third kappa shape index (κ3) is 5.49. The number of nitrogens with one attached hydrogen (secondary N) is 2. The molecule has 110 valence electrons. The average Bonchev–Trinajstić information content (AvgIpc) is 2.67. The van der Waals surface area contributed by atoms with Crippen LogP contribution in [0.4, 0.5) is 0 Å². The summed E-state index contributed by atoms with van der Waals surface area (Å²) in [7, 11) is 0. The van der Waals surface area contributed by atoms with Gasteiger partial charge < -0.3 is 10.6 Å². The van der Waals surface area contributed by atoms with Crippen molar-refractivity contribution in [3.8, 4) is 0 Å². The molecule has 5 heteroatoms. The van der Waals surface area contributed by atoms with Gasteiger partial charge in [0.2, 0.25) is 5.91 Å². The van der Waals surface area contributed by atoms with Crippen molar-refractivity contribution in [1.82, 2.24) is 15.5 Å². The second-order valence-electron chi connectivity index (χ2n) is 5.11. The molecular weight excluding hydrogens is 274 g/mol. The molecule has 1 amide bonds. The molecule has 0 spiro atoms. The second kappa shape index (κ2) is 8.25. The predicted molar refractivity (Wildman–Crippen MR) is 82.1 cm³/mol. The smallest absolute Gasteiger partial charge is 0.234 e. The molecule has 1 saturated heterocycles. The van der Waals surface area contributed by atoms with Crippen LogP contribution in [0.1, 0.15) is 12.0 Å². The van der Waals surface area contributed by atoms with E-state index in [0.29, 0.717) is 13.1 Å². The van der Waals surface area contributed by atoms with Crippen molar-refractivity contribution in [2.24, 2.45) is 0 Å². The molecule has 0 saturated carbocycles. The third-order valence-corrected chi connectivity index (χ3v) is 3.66. The van der Waals surface area contributed by atoms with Crippen LogP contribution in [0.25, 0.3) is 0 Å². The summed E-state index contributed by atoms with van der Waals surface area (Å²) in [6.07, 6.45) is 1.92. The molecule has 2 rings (SSSR count). The van der Waals surface area contributed by atoms with Crippen molar-refractivity contribution < 1.29 is 4.79 Å². The van der Waals surface area contributed by atoms with Crippen LogP contribution in [0.5, 0.6) is 0 Å². The van der Waals surface area contributed by atoms with E-state index in [0.717, 1.165) is 49.6 Å². The average molecular weight is 296 g/mol. The minimum Gasteiger partial charge on any atom is -0.355 e. The third-order valence-electron chi connectivity index (χ3n) is 3.42. The van der Waals surface area contributed by atoms with Crippen molar-refractivity contribution in [3.63, 3.8) is 0 Å². The Labute approximate surface area is 125 Å². The molecule has 0 atom stereocenters. The Bertz CT molecular complexity index is 431. The summed E-state index contributed by atoms with van der Waals surface area (Å²) < 4.78 is 0. The molecule has 1 aliphatic rings. The van der Waals surface area contributed by atoms with Gasteiger partial charge in [-0.15, -0.1) is 0 Å². The molecule has 1 aromatic carbocycles. The number of nitrogens with zero attached hydrogens (tertiary/aromatic N) is 1. The summed E-state index contributed by atoms with van der Waals surface area (Å²) >= 11 is 5.93. The van der Waals surface area contributed by atoms with E-state index in [-0.39, 0.29) is 5.91 Å². The van der Waals surface area contributed by atoms with E-state index >= 15 is 0 Å². The standard InChI is InChI=1S/C15H22ClN3O/c16-14-4-1-3-13(11-14)5-7-18-15(20)12-19-9-2-6-17-8-10-19/h1,3-4,11,17H,2,5-10,12H2,(H,18,20). The number of hydrogen-bond acceptors (Lipinski definition) is 3. The van der Waals surface area contributed by atoms with Crippen LogP contribution in [0.3, 0.4) is 0 Å². The zero-order valence-electron chi connectivity index (χ0n) is 11.7. The van der Waals surface area contributed by atoms with E-state index < -0.39 is 0 Å². The lowest BCUT2D eigenvalue weighted by molar-refractivity contribution is -0.122. The van der Waals surface area contributed by atoms with E-state index in [1.165, 1.54) is 0 Å². The highest BCUT2D eigenvalue weighted by Gasteiger charge is 2.12. The Morgan fingerprint density at radius 2 is 2.25 bits per heavy atom.